The van der Waals surface area contributed by atoms with E-state index in [9.17, 15) is 4.79 Å². The maximum absolute atomic E-state index is 12.7. The average Bonchev–Trinajstić information content (AvgIpc) is 2.97. The van der Waals surface area contributed by atoms with Gasteiger partial charge in [-0.25, -0.2) is 0 Å². The highest BCUT2D eigenvalue weighted by atomic mass is 35.5. The number of aryl methyl sites for hydroxylation is 1. The molecule has 0 spiro atoms. The Morgan fingerprint density at radius 3 is 2.50 bits per heavy atom. The summed E-state index contributed by atoms with van der Waals surface area (Å²) >= 11 is 6.16. The molecule has 1 saturated carbocycles. The van der Waals surface area contributed by atoms with Crippen molar-refractivity contribution in [3.05, 3.63) is 70.2 Å². The molecule has 0 radical (unpaired) electrons. The SMILES string of the molecule is Cc1cccc(C2(NC(=O)c3ccccc3Cl)CCCC2)c1. The lowest BCUT2D eigenvalue weighted by atomic mass is 9.87. The van der Waals surface area contributed by atoms with Crippen LogP contribution in [0.1, 0.15) is 47.2 Å². The van der Waals surface area contributed by atoms with E-state index in [1.165, 1.54) is 11.1 Å². The third-order valence-corrected chi connectivity index (χ3v) is 4.83. The van der Waals surface area contributed by atoms with Gasteiger partial charge in [0.05, 0.1) is 16.1 Å². The van der Waals surface area contributed by atoms with Crippen LogP contribution in [-0.2, 0) is 5.54 Å². The van der Waals surface area contributed by atoms with Crippen LogP contribution >= 0.6 is 11.6 Å². The predicted octanol–water partition coefficient (Wildman–Crippen LogP) is 4.85. The molecule has 3 heteroatoms. The Labute approximate surface area is 136 Å². The van der Waals surface area contributed by atoms with Gasteiger partial charge in [0, 0.05) is 0 Å². The molecular formula is C19H20ClNO. The molecule has 1 aliphatic carbocycles. The maximum Gasteiger partial charge on any atom is 0.253 e. The number of benzene rings is 2. The first-order chi connectivity index (χ1) is 10.6. The van der Waals surface area contributed by atoms with Crippen molar-refractivity contribution >= 4 is 17.5 Å². The van der Waals surface area contributed by atoms with Crippen LogP contribution in [0, 0.1) is 6.92 Å². The Kier molecular flexibility index (Phi) is 4.21. The number of hydrogen-bond acceptors (Lipinski definition) is 1. The fraction of sp³-hybridized carbons (Fsp3) is 0.316. The minimum Gasteiger partial charge on any atom is -0.342 e. The summed E-state index contributed by atoms with van der Waals surface area (Å²) in [5.74, 6) is -0.0889. The Morgan fingerprint density at radius 2 is 1.82 bits per heavy atom. The Balaban J connectivity index is 1.92. The second-order valence-corrected chi connectivity index (χ2v) is 6.50. The highest BCUT2D eigenvalue weighted by molar-refractivity contribution is 6.33. The summed E-state index contributed by atoms with van der Waals surface area (Å²) < 4.78 is 0. The normalized spacial score (nSPS) is 16.5. The summed E-state index contributed by atoms with van der Waals surface area (Å²) in [5, 5.41) is 3.77. The molecule has 22 heavy (non-hydrogen) atoms. The van der Waals surface area contributed by atoms with Crippen LogP contribution in [0.4, 0.5) is 0 Å². The summed E-state index contributed by atoms with van der Waals surface area (Å²) in [4.78, 5) is 12.7. The first-order valence-corrected chi connectivity index (χ1v) is 8.13. The quantitative estimate of drug-likeness (QED) is 0.862. The zero-order valence-corrected chi connectivity index (χ0v) is 13.5. The van der Waals surface area contributed by atoms with Crippen LogP contribution < -0.4 is 5.32 Å². The molecule has 0 unspecified atom stereocenters. The second-order valence-electron chi connectivity index (χ2n) is 6.09. The lowest BCUT2D eigenvalue weighted by molar-refractivity contribution is 0.0898. The third kappa shape index (κ3) is 2.89. The molecule has 0 bridgehead atoms. The van der Waals surface area contributed by atoms with E-state index in [-0.39, 0.29) is 11.4 Å². The van der Waals surface area contributed by atoms with Gasteiger partial charge in [-0.15, -0.1) is 0 Å². The van der Waals surface area contributed by atoms with E-state index in [1.54, 1.807) is 12.1 Å². The molecule has 1 N–H and O–H groups in total. The number of hydrogen-bond donors (Lipinski definition) is 1. The smallest absolute Gasteiger partial charge is 0.253 e. The van der Waals surface area contributed by atoms with Crippen LogP contribution in [0.3, 0.4) is 0 Å². The fourth-order valence-corrected chi connectivity index (χ4v) is 3.56. The topological polar surface area (TPSA) is 29.1 Å². The lowest BCUT2D eigenvalue weighted by Crippen LogP contribution is -2.43. The molecule has 3 rings (SSSR count). The first-order valence-electron chi connectivity index (χ1n) is 7.75. The van der Waals surface area contributed by atoms with Gasteiger partial charge in [0.1, 0.15) is 0 Å². The molecule has 0 atom stereocenters. The molecule has 2 aromatic carbocycles. The molecule has 0 saturated heterocycles. The number of amides is 1. The van der Waals surface area contributed by atoms with Crippen LogP contribution in [0.25, 0.3) is 0 Å². The molecule has 0 aromatic heterocycles. The third-order valence-electron chi connectivity index (χ3n) is 4.50. The Morgan fingerprint density at radius 1 is 1.09 bits per heavy atom. The Hall–Kier alpha value is -1.80. The van der Waals surface area contributed by atoms with E-state index >= 15 is 0 Å². The number of rotatable bonds is 3. The zero-order chi connectivity index (χ0) is 15.6. The van der Waals surface area contributed by atoms with E-state index in [2.05, 4.69) is 36.5 Å². The molecule has 1 aliphatic rings. The van der Waals surface area contributed by atoms with Gasteiger partial charge in [-0.05, 0) is 37.5 Å². The number of carbonyl (C=O) groups excluding carboxylic acids is 1. The standard InChI is InChI=1S/C19H20ClNO/c1-14-7-6-8-15(13-14)19(11-4-5-12-19)21-18(22)16-9-2-3-10-17(16)20/h2-3,6-10,13H,4-5,11-12H2,1H3,(H,21,22). The first kappa shape index (κ1) is 15.1. The summed E-state index contributed by atoms with van der Waals surface area (Å²) in [6.07, 6.45) is 4.23. The van der Waals surface area contributed by atoms with Gasteiger partial charge in [0.15, 0.2) is 0 Å². The monoisotopic (exact) mass is 313 g/mol. The van der Waals surface area contributed by atoms with Gasteiger partial charge in [-0.2, -0.15) is 0 Å². The second kappa shape index (κ2) is 6.13. The molecule has 0 aliphatic heterocycles. The summed E-state index contributed by atoms with van der Waals surface area (Å²) in [5.41, 5.74) is 2.70. The summed E-state index contributed by atoms with van der Waals surface area (Å²) in [7, 11) is 0. The molecular weight excluding hydrogens is 294 g/mol. The minimum absolute atomic E-state index is 0.0889. The molecule has 2 aromatic rings. The van der Waals surface area contributed by atoms with Crippen molar-refractivity contribution in [2.45, 2.75) is 38.1 Å². The van der Waals surface area contributed by atoms with Crippen LogP contribution in [-0.4, -0.2) is 5.91 Å². The van der Waals surface area contributed by atoms with Crippen LogP contribution in [0.2, 0.25) is 5.02 Å². The average molecular weight is 314 g/mol. The van der Waals surface area contributed by atoms with Crippen LogP contribution in [0.5, 0.6) is 0 Å². The van der Waals surface area contributed by atoms with Crippen molar-refractivity contribution in [2.24, 2.45) is 0 Å². The van der Waals surface area contributed by atoms with Gasteiger partial charge in [-0.3, -0.25) is 4.79 Å². The van der Waals surface area contributed by atoms with Crippen molar-refractivity contribution in [3.8, 4) is 0 Å². The molecule has 114 valence electrons. The van der Waals surface area contributed by atoms with E-state index in [4.69, 9.17) is 11.6 Å². The molecule has 1 amide bonds. The van der Waals surface area contributed by atoms with Gasteiger partial charge in [-0.1, -0.05) is 66.4 Å². The van der Waals surface area contributed by atoms with Crippen LogP contribution in [0.15, 0.2) is 48.5 Å². The van der Waals surface area contributed by atoms with Gasteiger partial charge >= 0.3 is 0 Å². The number of nitrogens with one attached hydrogen (secondary N) is 1. The Bertz CT molecular complexity index is 689. The molecule has 1 fully saturated rings. The number of halogens is 1. The summed E-state index contributed by atoms with van der Waals surface area (Å²) in [6, 6.07) is 15.7. The van der Waals surface area contributed by atoms with E-state index < -0.39 is 0 Å². The van der Waals surface area contributed by atoms with Gasteiger partial charge < -0.3 is 5.32 Å². The number of carbonyl (C=O) groups is 1. The van der Waals surface area contributed by atoms with E-state index in [0.717, 1.165) is 25.7 Å². The predicted molar refractivity (Wildman–Crippen MR) is 90.2 cm³/mol. The van der Waals surface area contributed by atoms with E-state index in [0.29, 0.717) is 10.6 Å². The fourth-order valence-electron chi connectivity index (χ4n) is 3.34. The molecule has 0 heterocycles. The van der Waals surface area contributed by atoms with Crippen molar-refractivity contribution < 1.29 is 4.79 Å². The zero-order valence-electron chi connectivity index (χ0n) is 12.7. The van der Waals surface area contributed by atoms with Crippen molar-refractivity contribution in [3.63, 3.8) is 0 Å². The highest BCUT2D eigenvalue weighted by Crippen LogP contribution is 2.39. The largest absolute Gasteiger partial charge is 0.342 e. The highest BCUT2D eigenvalue weighted by Gasteiger charge is 2.37. The van der Waals surface area contributed by atoms with Crippen molar-refractivity contribution in [1.82, 2.24) is 5.32 Å². The molecule has 2 nitrogen and oxygen atoms in total. The summed E-state index contributed by atoms with van der Waals surface area (Å²) in [6.45, 7) is 2.09. The van der Waals surface area contributed by atoms with Crippen molar-refractivity contribution in [1.29, 1.82) is 0 Å². The van der Waals surface area contributed by atoms with Crippen molar-refractivity contribution in [2.75, 3.05) is 0 Å². The minimum atomic E-state index is -0.262. The van der Waals surface area contributed by atoms with Gasteiger partial charge in [0.25, 0.3) is 5.91 Å². The maximum atomic E-state index is 12.7. The lowest BCUT2D eigenvalue weighted by Gasteiger charge is -2.31. The van der Waals surface area contributed by atoms with Gasteiger partial charge in [0.2, 0.25) is 0 Å². The van der Waals surface area contributed by atoms with E-state index in [1.807, 2.05) is 12.1 Å².